The number of carboxylic acid groups (broad SMARTS) is 1. The van der Waals surface area contributed by atoms with Crippen molar-refractivity contribution in [2.75, 3.05) is 7.11 Å². The summed E-state index contributed by atoms with van der Waals surface area (Å²) in [6.45, 7) is 0. The summed E-state index contributed by atoms with van der Waals surface area (Å²) in [5.41, 5.74) is 4.65. The second kappa shape index (κ2) is 7.47. The zero-order valence-corrected chi connectivity index (χ0v) is 17.2. The van der Waals surface area contributed by atoms with Gasteiger partial charge in [-0.3, -0.25) is 0 Å². The lowest BCUT2D eigenvalue weighted by molar-refractivity contribution is 0.144. The van der Waals surface area contributed by atoms with E-state index in [9.17, 15) is 9.90 Å². The van der Waals surface area contributed by atoms with Crippen molar-refractivity contribution in [3.8, 4) is 22.8 Å². The van der Waals surface area contributed by atoms with Crippen LogP contribution < -0.4 is 10.1 Å². The van der Waals surface area contributed by atoms with E-state index in [-0.39, 0.29) is 0 Å². The van der Waals surface area contributed by atoms with Crippen molar-refractivity contribution in [3.05, 3.63) is 78.5 Å². The van der Waals surface area contributed by atoms with Crippen molar-refractivity contribution < 1.29 is 14.6 Å². The third-order valence-corrected chi connectivity index (χ3v) is 6.19. The van der Waals surface area contributed by atoms with E-state index in [1.807, 2.05) is 36.4 Å². The van der Waals surface area contributed by atoms with Crippen LogP contribution in [0.25, 0.3) is 27.8 Å². The van der Waals surface area contributed by atoms with Gasteiger partial charge in [-0.25, -0.2) is 9.78 Å². The summed E-state index contributed by atoms with van der Waals surface area (Å²) in [5.74, 6) is 0.587. The third kappa shape index (κ3) is 3.20. The molecule has 1 fully saturated rings. The zero-order valence-electron chi connectivity index (χ0n) is 17.2. The highest BCUT2D eigenvalue weighted by atomic mass is 16.5. The van der Waals surface area contributed by atoms with Crippen LogP contribution in [0.1, 0.15) is 24.8 Å². The Morgan fingerprint density at radius 3 is 2.45 bits per heavy atom. The first kappa shape index (κ1) is 19.2. The molecule has 5 rings (SSSR count). The van der Waals surface area contributed by atoms with Gasteiger partial charge in [-0.05, 0) is 54.7 Å². The molecule has 0 bridgehead atoms. The maximum Gasteiger partial charge on any atom is 0.405 e. The van der Waals surface area contributed by atoms with Gasteiger partial charge in [-0.1, -0.05) is 42.5 Å². The molecule has 4 aromatic rings. The number of fused-ring (bicyclic) bond motifs is 1. The van der Waals surface area contributed by atoms with Gasteiger partial charge in [0.15, 0.2) is 0 Å². The van der Waals surface area contributed by atoms with Gasteiger partial charge in [0.05, 0.1) is 29.2 Å². The minimum atomic E-state index is -0.980. The fourth-order valence-electron chi connectivity index (χ4n) is 4.52. The first-order valence-electron chi connectivity index (χ1n) is 10.3. The number of aromatic nitrogens is 2. The lowest BCUT2D eigenvalue weighted by Crippen LogP contribution is -2.50. The van der Waals surface area contributed by atoms with E-state index in [1.54, 1.807) is 13.3 Å². The van der Waals surface area contributed by atoms with Crippen LogP contribution >= 0.6 is 0 Å². The summed E-state index contributed by atoms with van der Waals surface area (Å²) in [7, 11) is 1.63. The van der Waals surface area contributed by atoms with Crippen LogP contribution in [0.2, 0.25) is 0 Å². The average molecular weight is 413 g/mol. The highest BCUT2D eigenvalue weighted by Crippen LogP contribution is 2.42. The molecule has 2 aromatic heterocycles. The zero-order chi connectivity index (χ0) is 21.4. The lowest BCUT2D eigenvalue weighted by Gasteiger charge is -2.42. The highest BCUT2D eigenvalue weighted by molar-refractivity contribution is 5.92. The van der Waals surface area contributed by atoms with E-state index in [2.05, 4.69) is 45.2 Å². The topological polar surface area (TPSA) is 76.4 Å². The van der Waals surface area contributed by atoms with E-state index in [1.165, 1.54) is 0 Å². The highest BCUT2D eigenvalue weighted by Gasteiger charge is 2.40. The molecule has 1 aliphatic carbocycles. The van der Waals surface area contributed by atoms with E-state index >= 15 is 0 Å². The number of amides is 1. The Hall–Kier alpha value is -3.80. The number of nitrogens with one attached hydrogen (secondary N) is 1. The first-order chi connectivity index (χ1) is 15.1. The Labute approximate surface area is 180 Å². The van der Waals surface area contributed by atoms with E-state index in [0.717, 1.165) is 52.7 Å². The van der Waals surface area contributed by atoms with Crippen LogP contribution in [0, 0.1) is 0 Å². The van der Waals surface area contributed by atoms with Gasteiger partial charge < -0.3 is 19.7 Å². The first-order valence-corrected chi connectivity index (χ1v) is 10.3. The van der Waals surface area contributed by atoms with Gasteiger partial charge in [0.2, 0.25) is 5.88 Å². The predicted octanol–water partition coefficient (Wildman–Crippen LogP) is 5.35. The molecule has 0 atom stereocenters. The number of rotatable bonds is 5. The quantitative estimate of drug-likeness (QED) is 0.463. The van der Waals surface area contributed by atoms with Gasteiger partial charge in [-0.2, -0.15) is 0 Å². The largest absolute Gasteiger partial charge is 0.481 e. The molecule has 0 radical (unpaired) electrons. The second-order valence-electron chi connectivity index (χ2n) is 7.90. The van der Waals surface area contributed by atoms with Gasteiger partial charge >= 0.3 is 6.09 Å². The number of nitrogens with zero attached hydrogens (tertiary/aromatic N) is 2. The SMILES string of the molecule is COc1nccc2c1cc(-c1ccccc1)n2-c1ccc(C2(NC(=O)O)CCC2)cc1. The molecular weight excluding hydrogens is 390 g/mol. The summed E-state index contributed by atoms with van der Waals surface area (Å²) >= 11 is 0. The molecule has 2 heterocycles. The summed E-state index contributed by atoms with van der Waals surface area (Å²) < 4.78 is 7.69. The molecule has 0 aliphatic heterocycles. The number of pyridine rings is 1. The number of hydrogen-bond acceptors (Lipinski definition) is 3. The predicted molar refractivity (Wildman–Crippen MR) is 120 cm³/mol. The molecular formula is C25H23N3O3. The monoisotopic (exact) mass is 413 g/mol. The maximum absolute atomic E-state index is 11.3. The Morgan fingerprint density at radius 1 is 1.10 bits per heavy atom. The molecule has 1 aliphatic rings. The van der Waals surface area contributed by atoms with Gasteiger partial charge in [0.1, 0.15) is 0 Å². The normalized spacial score (nSPS) is 14.7. The average Bonchev–Trinajstić information content (AvgIpc) is 3.16. The van der Waals surface area contributed by atoms with Crippen LogP contribution in [0.4, 0.5) is 4.79 Å². The van der Waals surface area contributed by atoms with Gasteiger partial charge in [0.25, 0.3) is 0 Å². The van der Waals surface area contributed by atoms with Crippen molar-refractivity contribution in [2.45, 2.75) is 24.8 Å². The Balaban J connectivity index is 1.65. The minimum Gasteiger partial charge on any atom is -0.481 e. The Bertz CT molecular complexity index is 1240. The standard InChI is InChI=1S/C25H23N3O3/c1-31-23-20-16-22(17-6-3-2-4-7-17)28(21(20)12-15-26-23)19-10-8-18(9-11-19)25(13-5-14-25)27-24(29)30/h2-4,6-12,15-16,27H,5,13-14H2,1H3,(H,29,30). The molecule has 0 saturated heterocycles. The number of benzene rings is 2. The summed E-state index contributed by atoms with van der Waals surface area (Å²) in [6, 6.07) is 22.5. The molecule has 6 heteroatoms. The molecule has 156 valence electrons. The van der Waals surface area contributed by atoms with E-state index < -0.39 is 11.6 Å². The summed E-state index contributed by atoms with van der Waals surface area (Å²) in [5, 5.41) is 12.9. The fourth-order valence-corrected chi connectivity index (χ4v) is 4.52. The van der Waals surface area contributed by atoms with Crippen molar-refractivity contribution in [2.24, 2.45) is 0 Å². The summed E-state index contributed by atoms with van der Waals surface area (Å²) in [4.78, 5) is 15.7. The van der Waals surface area contributed by atoms with Crippen molar-refractivity contribution in [1.82, 2.24) is 14.9 Å². The van der Waals surface area contributed by atoms with Crippen LogP contribution in [0.3, 0.4) is 0 Å². The van der Waals surface area contributed by atoms with Crippen LogP contribution in [-0.2, 0) is 5.54 Å². The maximum atomic E-state index is 11.3. The smallest absolute Gasteiger partial charge is 0.405 e. The number of hydrogen-bond donors (Lipinski definition) is 2. The van der Waals surface area contributed by atoms with E-state index in [0.29, 0.717) is 5.88 Å². The van der Waals surface area contributed by atoms with Crippen LogP contribution in [0.5, 0.6) is 5.88 Å². The molecule has 6 nitrogen and oxygen atoms in total. The fraction of sp³-hybridized carbons (Fsp3) is 0.200. The number of ether oxygens (including phenoxy) is 1. The van der Waals surface area contributed by atoms with Crippen LogP contribution in [-0.4, -0.2) is 27.9 Å². The lowest BCUT2D eigenvalue weighted by atomic mass is 9.72. The Kier molecular flexibility index (Phi) is 4.62. The van der Waals surface area contributed by atoms with E-state index in [4.69, 9.17) is 4.74 Å². The molecule has 2 N–H and O–H groups in total. The van der Waals surface area contributed by atoms with Crippen LogP contribution in [0.15, 0.2) is 72.9 Å². The van der Waals surface area contributed by atoms with Gasteiger partial charge in [0, 0.05) is 11.9 Å². The molecule has 1 amide bonds. The van der Waals surface area contributed by atoms with Crippen molar-refractivity contribution in [1.29, 1.82) is 0 Å². The third-order valence-electron chi connectivity index (χ3n) is 6.19. The molecule has 0 spiro atoms. The summed E-state index contributed by atoms with van der Waals surface area (Å²) in [6.07, 6.45) is 3.44. The van der Waals surface area contributed by atoms with Crippen molar-refractivity contribution in [3.63, 3.8) is 0 Å². The molecule has 31 heavy (non-hydrogen) atoms. The molecule has 0 unspecified atom stereocenters. The molecule has 1 saturated carbocycles. The number of carbonyl (C=O) groups is 1. The van der Waals surface area contributed by atoms with Gasteiger partial charge in [-0.15, -0.1) is 0 Å². The van der Waals surface area contributed by atoms with Crippen molar-refractivity contribution >= 4 is 17.0 Å². The minimum absolute atomic E-state index is 0.474. The molecule has 2 aromatic carbocycles. The number of methoxy groups -OCH3 is 1. The Morgan fingerprint density at radius 2 is 1.84 bits per heavy atom. The second-order valence-corrected chi connectivity index (χ2v) is 7.90.